The minimum Gasteiger partial charge on any atom is -0.486 e. The highest BCUT2D eigenvalue weighted by atomic mass is 16.6. The molecule has 4 heteroatoms. The highest BCUT2D eigenvalue weighted by Crippen LogP contribution is 2.39. The normalized spacial score (nSPS) is 22.0. The minimum absolute atomic E-state index is 0.335. The molecule has 92 valence electrons. The van der Waals surface area contributed by atoms with Crippen molar-refractivity contribution >= 4 is 0 Å². The van der Waals surface area contributed by atoms with Crippen LogP contribution >= 0.6 is 0 Å². The van der Waals surface area contributed by atoms with E-state index in [1.165, 1.54) is 0 Å². The van der Waals surface area contributed by atoms with Gasteiger partial charge in [-0.1, -0.05) is 6.07 Å². The third-order valence-corrected chi connectivity index (χ3v) is 3.42. The van der Waals surface area contributed by atoms with Crippen molar-refractivity contribution in [3.05, 3.63) is 23.8 Å². The summed E-state index contributed by atoms with van der Waals surface area (Å²) in [4.78, 5) is 0. The Balaban J connectivity index is 1.82. The molecule has 17 heavy (non-hydrogen) atoms. The lowest BCUT2D eigenvalue weighted by atomic mass is 9.98. The molecule has 1 aromatic rings. The molecule has 1 aliphatic heterocycles. The first kappa shape index (κ1) is 10.9. The number of fused-ring (bicyclic) bond motifs is 1. The third-order valence-electron chi connectivity index (χ3n) is 3.42. The van der Waals surface area contributed by atoms with E-state index in [9.17, 15) is 5.11 Å². The number of ether oxygens (including phenoxy) is 2. The molecule has 3 rings (SSSR count). The largest absolute Gasteiger partial charge is 0.486 e. The van der Waals surface area contributed by atoms with Gasteiger partial charge in [0.05, 0.1) is 12.1 Å². The van der Waals surface area contributed by atoms with Crippen LogP contribution in [-0.4, -0.2) is 24.4 Å². The Kier molecular flexibility index (Phi) is 2.68. The van der Waals surface area contributed by atoms with Gasteiger partial charge >= 0.3 is 0 Å². The summed E-state index contributed by atoms with van der Waals surface area (Å²) in [6, 6.07) is 5.32. The summed E-state index contributed by atoms with van der Waals surface area (Å²) in [6.07, 6.45) is 1.72. The molecule has 4 nitrogen and oxygen atoms in total. The molecule has 1 aromatic carbocycles. The molecule has 2 aliphatic rings. The number of nitrogens with two attached hydrogens (primary N) is 1. The molecular weight excluding hydrogens is 218 g/mol. The van der Waals surface area contributed by atoms with Crippen molar-refractivity contribution in [2.24, 2.45) is 11.7 Å². The topological polar surface area (TPSA) is 64.7 Å². The summed E-state index contributed by atoms with van der Waals surface area (Å²) in [6.45, 7) is 1.15. The van der Waals surface area contributed by atoms with Crippen LogP contribution in [0.15, 0.2) is 18.2 Å². The fourth-order valence-electron chi connectivity index (χ4n) is 2.20. The van der Waals surface area contributed by atoms with E-state index in [0.29, 0.717) is 19.1 Å². The molecule has 0 aromatic heterocycles. The maximum Gasteiger partial charge on any atom is 0.161 e. The summed E-state index contributed by atoms with van der Waals surface area (Å²) in [5.74, 6) is 1.86. The van der Waals surface area contributed by atoms with E-state index < -0.39 is 6.10 Å². The van der Waals surface area contributed by atoms with Gasteiger partial charge in [0.15, 0.2) is 11.5 Å². The van der Waals surface area contributed by atoms with Gasteiger partial charge in [-0.3, -0.25) is 0 Å². The van der Waals surface area contributed by atoms with Crippen molar-refractivity contribution in [2.45, 2.75) is 25.0 Å². The molecule has 0 radical (unpaired) electrons. The van der Waals surface area contributed by atoms with Crippen LogP contribution in [0.25, 0.3) is 0 Å². The standard InChI is InChI=1S/C13H17NO3/c14-12(13(15)8-1-2-8)9-3-4-10-11(7-9)17-6-5-16-10/h3-4,7-8,12-13,15H,1-2,5-6,14H2/t12-,13+/m1/s1. The van der Waals surface area contributed by atoms with Crippen molar-refractivity contribution in [2.75, 3.05) is 13.2 Å². The monoisotopic (exact) mass is 235 g/mol. The Hall–Kier alpha value is -1.26. The number of benzene rings is 1. The van der Waals surface area contributed by atoms with Crippen LogP contribution in [0.2, 0.25) is 0 Å². The Morgan fingerprint density at radius 1 is 1.18 bits per heavy atom. The molecule has 0 spiro atoms. The second kappa shape index (κ2) is 4.20. The molecule has 0 bridgehead atoms. The van der Waals surface area contributed by atoms with Gasteiger partial charge in [-0.2, -0.15) is 0 Å². The first-order valence-corrected chi connectivity index (χ1v) is 6.09. The van der Waals surface area contributed by atoms with Crippen LogP contribution in [0.5, 0.6) is 11.5 Å². The van der Waals surface area contributed by atoms with Gasteiger partial charge in [0.25, 0.3) is 0 Å². The van der Waals surface area contributed by atoms with E-state index in [4.69, 9.17) is 15.2 Å². The van der Waals surface area contributed by atoms with E-state index in [1.54, 1.807) is 0 Å². The average Bonchev–Trinajstić information content (AvgIpc) is 3.21. The van der Waals surface area contributed by atoms with Crippen molar-refractivity contribution in [3.8, 4) is 11.5 Å². The van der Waals surface area contributed by atoms with Crippen molar-refractivity contribution in [3.63, 3.8) is 0 Å². The first-order valence-electron chi connectivity index (χ1n) is 6.09. The van der Waals surface area contributed by atoms with Gasteiger partial charge in [0, 0.05) is 0 Å². The predicted octanol–water partition coefficient (Wildman–Crippen LogP) is 1.23. The van der Waals surface area contributed by atoms with E-state index in [0.717, 1.165) is 29.9 Å². The lowest BCUT2D eigenvalue weighted by Crippen LogP contribution is -2.28. The fourth-order valence-corrected chi connectivity index (χ4v) is 2.20. The quantitative estimate of drug-likeness (QED) is 0.827. The van der Waals surface area contributed by atoms with E-state index in [1.807, 2.05) is 18.2 Å². The SMILES string of the molecule is N[C@H](c1ccc2c(c1)OCCO2)[C@@H](O)C1CC1. The lowest BCUT2D eigenvalue weighted by Gasteiger charge is -2.22. The second-order valence-electron chi connectivity index (χ2n) is 4.76. The van der Waals surface area contributed by atoms with Crippen molar-refractivity contribution in [1.29, 1.82) is 0 Å². The number of hydrogen-bond donors (Lipinski definition) is 2. The van der Waals surface area contributed by atoms with Crippen LogP contribution in [0.4, 0.5) is 0 Å². The zero-order valence-corrected chi connectivity index (χ0v) is 9.63. The highest BCUT2D eigenvalue weighted by molar-refractivity contribution is 5.44. The van der Waals surface area contributed by atoms with E-state index >= 15 is 0 Å². The molecule has 1 saturated carbocycles. The van der Waals surface area contributed by atoms with Gasteiger partial charge in [-0.25, -0.2) is 0 Å². The number of hydrogen-bond acceptors (Lipinski definition) is 4. The van der Waals surface area contributed by atoms with Crippen molar-refractivity contribution in [1.82, 2.24) is 0 Å². The summed E-state index contributed by atoms with van der Waals surface area (Å²) in [7, 11) is 0. The van der Waals surface area contributed by atoms with Crippen LogP contribution in [0, 0.1) is 5.92 Å². The number of aliphatic hydroxyl groups excluding tert-OH is 1. The second-order valence-corrected chi connectivity index (χ2v) is 4.76. The van der Waals surface area contributed by atoms with Gasteiger partial charge in [-0.05, 0) is 36.5 Å². The first-order chi connectivity index (χ1) is 8.25. The van der Waals surface area contributed by atoms with Crippen LogP contribution in [0.3, 0.4) is 0 Å². The van der Waals surface area contributed by atoms with Gasteiger partial charge in [0.2, 0.25) is 0 Å². The van der Waals surface area contributed by atoms with Gasteiger partial charge in [-0.15, -0.1) is 0 Å². The Bertz CT molecular complexity index is 417. The molecule has 1 heterocycles. The molecule has 0 amide bonds. The molecule has 1 aliphatic carbocycles. The minimum atomic E-state index is -0.447. The Morgan fingerprint density at radius 3 is 2.59 bits per heavy atom. The molecular formula is C13H17NO3. The summed E-state index contributed by atoms with van der Waals surface area (Å²) in [5.41, 5.74) is 6.98. The zero-order valence-electron chi connectivity index (χ0n) is 9.63. The Morgan fingerprint density at radius 2 is 1.88 bits per heavy atom. The summed E-state index contributed by atoms with van der Waals surface area (Å²) >= 11 is 0. The average molecular weight is 235 g/mol. The molecule has 0 unspecified atom stereocenters. The Labute approximate surface area is 100 Å². The maximum absolute atomic E-state index is 10.0. The number of rotatable bonds is 3. The van der Waals surface area contributed by atoms with Crippen LogP contribution < -0.4 is 15.2 Å². The smallest absolute Gasteiger partial charge is 0.161 e. The fraction of sp³-hybridized carbons (Fsp3) is 0.538. The van der Waals surface area contributed by atoms with Gasteiger partial charge < -0.3 is 20.3 Å². The van der Waals surface area contributed by atoms with E-state index in [2.05, 4.69) is 0 Å². The van der Waals surface area contributed by atoms with Crippen LogP contribution in [0.1, 0.15) is 24.4 Å². The summed E-state index contributed by atoms with van der Waals surface area (Å²) in [5, 5.41) is 10.0. The number of aliphatic hydroxyl groups is 1. The summed E-state index contributed by atoms with van der Waals surface area (Å²) < 4.78 is 11.0. The molecule has 3 N–H and O–H groups in total. The molecule has 1 fully saturated rings. The highest BCUT2D eigenvalue weighted by Gasteiger charge is 2.34. The molecule has 2 atom stereocenters. The van der Waals surface area contributed by atoms with E-state index in [-0.39, 0.29) is 6.04 Å². The van der Waals surface area contributed by atoms with Crippen LogP contribution in [-0.2, 0) is 0 Å². The van der Waals surface area contributed by atoms with Gasteiger partial charge in [0.1, 0.15) is 13.2 Å². The van der Waals surface area contributed by atoms with Crippen molar-refractivity contribution < 1.29 is 14.6 Å². The maximum atomic E-state index is 10.0. The molecule has 0 saturated heterocycles. The zero-order chi connectivity index (χ0) is 11.8. The third kappa shape index (κ3) is 2.10. The predicted molar refractivity (Wildman–Crippen MR) is 63.1 cm³/mol. The lowest BCUT2D eigenvalue weighted by molar-refractivity contribution is 0.121.